The molecular formula is C20H22N4O5S. The van der Waals surface area contributed by atoms with Crippen LogP contribution in [0.4, 0.5) is 5.69 Å². The van der Waals surface area contributed by atoms with Gasteiger partial charge < -0.3 is 20.5 Å². The molecular weight excluding hydrogens is 408 g/mol. The zero-order chi connectivity index (χ0) is 21.3. The van der Waals surface area contributed by atoms with Crippen LogP contribution in [-0.4, -0.2) is 49.9 Å². The van der Waals surface area contributed by atoms with Crippen molar-refractivity contribution in [1.29, 1.82) is 0 Å². The predicted octanol–water partition coefficient (Wildman–Crippen LogP) is 1.70. The van der Waals surface area contributed by atoms with Crippen molar-refractivity contribution in [3.8, 4) is 11.5 Å². The van der Waals surface area contributed by atoms with Crippen molar-refractivity contribution in [2.75, 3.05) is 24.4 Å². The summed E-state index contributed by atoms with van der Waals surface area (Å²) < 4.78 is 35.2. The number of nitrogens with two attached hydrogens (primary N) is 1. The number of hydrogen-bond acceptors (Lipinski definition) is 6. The van der Waals surface area contributed by atoms with Gasteiger partial charge in [0.2, 0.25) is 0 Å². The third kappa shape index (κ3) is 4.18. The van der Waals surface area contributed by atoms with Crippen LogP contribution in [0.3, 0.4) is 0 Å². The third-order valence-corrected chi connectivity index (χ3v) is 6.03. The SMILES string of the molecule is NC1=NS(=O)(=O)Nc2cccc(OC[C@H]3CCCN(C(=O)c4cccc(O)c4)C3)c21. The second-order valence-electron chi connectivity index (χ2n) is 7.35. The molecule has 2 aliphatic heterocycles. The lowest BCUT2D eigenvalue weighted by molar-refractivity contribution is 0.0633. The van der Waals surface area contributed by atoms with E-state index in [-0.39, 0.29) is 23.4 Å². The first-order chi connectivity index (χ1) is 14.3. The Morgan fingerprint density at radius 1 is 1.30 bits per heavy atom. The molecule has 10 heteroatoms. The van der Waals surface area contributed by atoms with Gasteiger partial charge in [0.25, 0.3) is 5.91 Å². The largest absolute Gasteiger partial charge is 0.508 e. The zero-order valence-electron chi connectivity index (χ0n) is 16.1. The molecule has 1 atom stereocenters. The molecule has 2 aromatic rings. The summed E-state index contributed by atoms with van der Waals surface area (Å²) in [6.07, 6.45) is 1.74. The van der Waals surface area contributed by atoms with Gasteiger partial charge >= 0.3 is 10.2 Å². The Kier molecular flexibility index (Phi) is 5.25. The van der Waals surface area contributed by atoms with Gasteiger partial charge in [0, 0.05) is 24.6 Å². The highest BCUT2D eigenvalue weighted by Gasteiger charge is 2.27. The molecule has 9 nitrogen and oxygen atoms in total. The molecule has 0 unspecified atom stereocenters. The summed E-state index contributed by atoms with van der Waals surface area (Å²) in [4.78, 5) is 14.5. The Morgan fingerprint density at radius 2 is 2.10 bits per heavy atom. The van der Waals surface area contributed by atoms with Crippen LogP contribution < -0.4 is 15.2 Å². The van der Waals surface area contributed by atoms with Gasteiger partial charge in [-0.05, 0) is 43.2 Å². The van der Waals surface area contributed by atoms with Crippen molar-refractivity contribution in [1.82, 2.24) is 4.90 Å². The molecule has 1 saturated heterocycles. The van der Waals surface area contributed by atoms with Gasteiger partial charge in [0.05, 0.1) is 17.9 Å². The number of hydrogen-bond donors (Lipinski definition) is 3. The molecule has 2 heterocycles. The van der Waals surface area contributed by atoms with Crippen LogP contribution in [0.25, 0.3) is 0 Å². The second-order valence-corrected chi connectivity index (χ2v) is 8.69. The van der Waals surface area contributed by atoms with Gasteiger partial charge in [-0.3, -0.25) is 9.52 Å². The minimum atomic E-state index is -3.85. The van der Waals surface area contributed by atoms with Crippen LogP contribution in [-0.2, 0) is 10.2 Å². The predicted molar refractivity (Wildman–Crippen MR) is 112 cm³/mol. The smallest absolute Gasteiger partial charge is 0.344 e. The molecule has 0 radical (unpaired) electrons. The van der Waals surface area contributed by atoms with E-state index in [0.717, 1.165) is 12.8 Å². The van der Waals surface area contributed by atoms with E-state index in [9.17, 15) is 18.3 Å². The van der Waals surface area contributed by atoms with Crippen LogP contribution in [0.1, 0.15) is 28.8 Å². The fourth-order valence-corrected chi connectivity index (χ4v) is 4.60. The Bertz CT molecular complexity index is 1120. The van der Waals surface area contributed by atoms with Crippen molar-refractivity contribution in [2.45, 2.75) is 12.8 Å². The fraction of sp³-hybridized carbons (Fsp3) is 0.300. The molecule has 4 rings (SSSR count). The van der Waals surface area contributed by atoms with E-state index in [0.29, 0.717) is 42.3 Å². The summed E-state index contributed by atoms with van der Waals surface area (Å²) in [5, 5.41) is 9.62. The summed E-state index contributed by atoms with van der Waals surface area (Å²) in [5.41, 5.74) is 7.03. The highest BCUT2D eigenvalue weighted by atomic mass is 32.2. The fourth-order valence-electron chi connectivity index (χ4n) is 3.75. The third-order valence-electron chi connectivity index (χ3n) is 5.11. The van der Waals surface area contributed by atoms with Crippen molar-refractivity contribution in [2.24, 2.45) is 16.0 Å². The molecule has 0 saturated carbocycles. The van der Waals surface area contributed by atoms with Gasteiger partial charge in [0.1, 0.15) is 11.5 Å². The number of anilines is 1. The van der Waals surface area contributed by atoms with Crippen LogP contribution in [0, 0.1) is 5.92 Å². The number of carbonyl (C=O) groups excluding carboxylic acids is 1. The molecule has 0 spiro atoms. The number of carbonyl (C=O) groups is 1. The standard InChI is InChI=1S/C20H22N4O5S/c21-19-18-16(22-30(27,28)23-19)7-2-8-17(18)29-12-13-4-3-9-24(11-13)20(26)14-5-1-6-15(25)10-14/h1-2,5-8,10,13,22,25H,3-4,9,11-12H2,(H2,21,23)/t13-/m0/s1. The minimum Gasteiger partial charge on any atom is -0.508 e. The highest BCUT2D eigenvalue weighted by molar-refractivity contribution is 7.91. The number of nitrogens with zero attached hydrogens (tertiary/aromatic N) is 2. The Labute approximate surface area is 174 Å². The maximum absolute atomic E-state index is 12.7. The van der Waals surface area contributed by atoms with Crippen LogP contribution >= 0.6 is 0 Å². The van der Waals surface area contributed by atoms with Gasteiger partial charge in [-0.1, -0.05) is 12.1 Å². The molecule has 0 aromatic heterocycles. The first-order valence-corrected chi connectivity index (χ1v) is 11.0. The number of likely N-dealkylation sites (tertiary alicyclic amines) is 1. The van der Waals surface area contributed by atoms with Gasteiger partial charge in [-0.25, -0.2) is 0 Å². The minimum absolute atomic E-state index is 0.0569. The van der Waals surface area contributed by atoms with E-state index in [4.69, 9.17) is 10.5 Å². The van der Waals surface area contributed by atoms with E-state index < -0.39 is 10.2 Å². The van der Waals surface area contributed by atoms with Crippen LogP contribution in [0.15, 0.2) is 46.9 Å². The van der Waals surface area contributed by atoms with Crippen molar-refractivity contribution in [3.05, 3.63) is 53.6 Å². The number of phenolic OH excluding ortho intramolecular Hbond substituents is 1. The summed E-state index contributed by atoms with van der Waals surface area (Å²) in [6.45, 7) is 1.52. The van der Waals surface area contributed by atoms with E-state index in [1.54, 1.807) is 35.2 Å². The number of benzene rings is 2. The normalized spacial score (nSPS) is 19.9. The summed E-state index contributed by atoms with van der Waals surface area (Å²) in [7, 11) is -3.85. The summed E-state index contributed by atoms with van der Waals surface area (Å²) >= 11 is 0. The lowest BCUT2D eigenvalue weighted by Crippen LogP contribution is -2.41. The number of amidine groups is 1. The van der Waals surface area contributed by atoms with E-state index in [1.165, 1.54) is 12.1 Å². The Balaban J connectivity index is 1.45. The van der Waals surface area contributed by atoms with Gasteiger partial charge in [-0.2, -0.15) is 8.42 Å². The molecule has 0 bridgehead atoms. The lowest BCUT2D eigenvalue weighted by atomic mass is 9.98. The second kappa shape index (κ2) is 7.86. The molecule has 2 aromatic carbocycles. The number of phenols is 1. The average Bonchev–Trinajstić information content (AvgIpc) is 2.70. The molecule has 1 amide bonds. The topological polar surface area (TPSA) is 134 Å². The molecule has 30 heavy (non-hydrogen) atoms. The maximum atomic E-state index is 12.7. The van der Waals surface area contributed by atoms with Gasteiger partial charge in [-0.15, -0.1) is 4.40 Å². The lowest BCUT2D eigenvalue weighted by Gasteiger charge is -2.33. The van der Waals surface area contributed by atoms with E-state index in [2.05, 4.69) is 9.12 Å². The molecule has 0 aliphatic carbocycles. The molecule has 2 aliphatic rings. The summed E-state index contributed by atoms with van der Waals surface area (Å²) in [6, 6.07) is 11.3. The average molecular weight is 430 g/mol. The monoisotopic (exact) mass is 430 g/mol. The van der Waals surface area contributed by atoms with Gasteiger partial charge in [0.15, 0.2) is 5.84 Å². The zero-order valence-corrected chi connectivity index (χ0v) is 16.9. The molecule has 158 valence electrons. The molecule has 1 fully saturated rings. The number of rotatable bonds is 4. The summed E-state index contributed by atoms with van der Waals surface area (Å²) in [5.74, 6) is 0.352. The number of amides is 1. The Hall–Kier alpha value is -3.27. The number of ether oxygens (including phenoxy) is 1. The van der Waals surface area contributed by atoms with Crippen LogP contribution in [0.2, 0.25) is 0 Å². The Morgan fingerprint density at radius 3 is 2.90 bits per heavy atom. The number of piperidine rings is 1. The van der Waals surface area contributed by atoms with E-state index in [1.807, 2.05) is 0 Å². The first kappa shape index (κ1) is 20.0. The number of aromatic hydroxyl groups is 1. The number of fused-ring (bicyclic) bond motifs is 1. The van der Waals surface area contributed by atoms with Crippen molar-refractivity contribution < 1.29 is 23.1 Å². The quantitative estimate of drug-likeness (QED) is 0.676. The van der Waals surface area contributed by atoms with Crippen molar-refractivity contribution >= 4 is 27.6 Å². The molecule has 4 N–H and O–H groups in total. The first-order valence-electron chi connectivity index (χ1n) is 9.55. The maximum Gasteiger partial charge on any atom is 0.344 e. The number of nitrogens with one attached hydrogen (secondary N) is 1. The highest BCUT2D eigenvalue weighted by Crippen LogP contribution is 2.31. The van der Waals surface area contributed by atoms with Crippen LogP contribution in [0.5, 0.6) is 11.5 Å². The van der Waals surface area contributed by atoms with Crippen molar-refractivity contribution in [3.63, 3.8) is 0 Å². The van der Waals surface area contributed by atoms with E-state index >= 15 is 0 Å².